The van der Waals surface area contributed by atoms with E-state index >= 15 is 0 Å². The van der Waals surface area contributed by atoms with E-state index in [9.17, 15) is 9.59 Å². The van der Waals surface area contributed by atoms with Gasteiger partial charge in [-0.1, -0.05) is 25.8 Å². The summed E-state index contributed by atoms with van der Waals surface area (Å²) in [5.74, 6) is -0.274. The van der Waals surface area contributed by atoms with Crippen LogP contribution in [-0.4, -0.2) is 49.5 Å². The van der Waals surface area contributed by atoms with Gasteiger partial charge in [-0.2, -0.15) is 0 Å². The largest absolute Gasteiger partial charge is 0.352 e. The Balaban J connectivity index is 4.40. The molecule has 2 atom stereocenters. The standard InChI is InChI=1S/C16H32N4O2S/c1-6-13(7-2)19-15(21)12(3)18-16(22)14(20-23-5)10-8-9-11-17-4/h12-14,20H,4,6-11H2,1-3,5H3,(H,18,22)(H,19,21). The van der Waals surface area contributed by atoms with E-state index in [0.29, 0.717) is 13.0 Å². The number of nitrogens with one attached hydrogen (secondary N) is 3. The molecule has 0 aliphatic rings. The third kappa shape index (κ3) is 9.61. The Morgan fingerprint density at radius 2 is 1.78 bits per heavy atom. The predicted octanol–water partition coefficient (Wildman–Crippen LogP) is 1.90. The van der Waals surface area contributed by atoms with Crippen molar-refractivity contribution < 1.29 is 9.59 Å². The van der Waals surface area contributed by atoms with E-state index in [1.165, 1.54) is 11.9 Å². The Hall–Kier alpha value is -1.08. The van der Waals surface area contributed by atoms with Crippen LogP contribution in [0.25, 0.3) is 0 Å². The molecule has 6 nitrogen and oxygen atoms in total. The van der Waals surface area contributed by atoms with Gasteiger partial charge in [0.1, 0.15) is 6.04 Å². The maximum atomic E-state index is 12.3. The van der Waals surface area contributed by atoms with Crippen LogP contribution >= 0.6 is 11.9 Å². The molecule has 0 aliphatic carbocycles. The van der Waals surface area contributed by atoms with Crippen LogP contribution < -0.4 is 15.4 Å². The van der Waals surface area contributed by atoms with Crippen LogP contribution in [0.1, 0.15) is 52.9 Å². The molecule has 0 aliphatic heterocycles. The highest BCUT2D eigenvalue weighted by Gasteiger charge is 2.23. The van der Waals surface area contributed by atoms with Crippen molar-refractivity contribution in [1.82, 2.24) is 15.4 Å². The predicted molar refractivity (Wildman–Crippen MR) is 98.8 cm³/mol. The van der Waals surface area contributed by atoms with Crippen LogP contribution in [0, 0.1) is 0 Å². The summed E-state index contributed by atoms with van der Waals surface area (Å²) in [5.41, 5.74) is 0. The minimum atomic E-state index is -0.538. The summed E-state index contributed by atoms with van der Waals surface area (Å²) in [4.78, 5) is 28.3. The maximum absolute atomic E-state index is 12.3. The van der Waals surface area contributed by atoms with Crippen molar-refractivity contribution >= 4 is 30.5 Å². The van der Waals surface area contributed by atoms with Crippen molar-refractivity contribution in [1.29, 1.82) is 0 Å². The number of carbonyl (C=O) groups excluding carboxylic acids is 2. The van der Waals surface area contributed by atoms with Crippen molar-refractivity contribution in [3.63, 3.8) is 0 Å². The highest BCUT2D eigenvalue weighted by molar-refractivity contribution is 7.96. The van der Waals surface area contributed by atoms with Crippen molar-refractivity contribution in [3.8, 4) is 0 Å². The van der Waals surface area contributed by atoms with E-state index in [4.69, 9.17) is 0 Å². The van der Waals surface area contributed by atoms with Gasteiger partial charge in [0.2, 0.25) is 11.8 Å². The summed E-state index contributed by atoms with van der Waals surface area (Å²) in [7, 11) is 0. The lowest BCUT2D eigenvalue weighted by molar-refractivity contribution is -0.129. The molecule has 7 heteroatoms. The van der Waals surface area contributed by atoms with Gasteiger partial charge in [-0.05, 0) is 52.0 Å². The molecule has 0 fully saturated rings. The van der Waals surface area contributed by atoms with Gasteiger partial charge in [0.25, 0.3) is 0 Å². The molecule has 2 unspecified atom stereocenters. The lowest BCUT2D eigenvalue weighted by Gasteiger charge is -2.22. The molecule has 134 valence electrons. The van der Waals surface area contributed by atoms with E-state index < -0.39 is 6.04 Å². The van der Waals surface area contributed by atoms with Crippen molar-refractivity contribution in [2.24, 2.45) is 4.99 Å². The molecular formula is C16H32N4O2S. The Kier molecular flexibility index (Phi) is 12.7. The molecule has 0 radical (unpaired) electrons. The number of carbonyl (C=O) groups is 2. The van der Waals surface area contributed by atoms with Crippen LogP contribution in [-0.2, 0) is 9.59 Å². The van der Waals surface area contributed by atoms with Gasteiger partial charge in [-0.15, -0.1) is 0 Å². The fourth-order valence-corrected chi connectivity index (χ4v) is 2.67. The Morgan fingerprint density at radius 3 is 2.30 bits per heavy atom. The SMILES string of the molecule is C=NCCCCC(NSC)C(=O)NC(C)C(=O)NC(CC)CC. The highest BCUT2D eigenvalue weighted by Crippen LogP contribution is 2.05. The fourth-order valence-electron chi connectivity index (χ4n) is 2.16. The first-order valence-electron chi connectivity index (χ1n) is 8.31. The highest BCUT2D eigenvalue weighted by atomic mass is 32.2. The minimum Gasteiger partial charge on any atom is -0.352 e. The average molecular weight is 345 g/mol. The Bertz CT molecular complexity index is 362. The van der Waals surface area contributed by atoms with Crippen LogP contribution in [0.3, 0.4) is 0 Å². The second-order valence-corrected chi connectivity index (χ2v) is 6.21. The smallest absolute Gasteiger partial charge is 0.242 e. The zero-order chi connectivity index (χ0) is 17.7. The maximum Gasteiger partial charge on any atom is 0.242 e. The van der Waals surface area contributed by atoms with E-state index in [-0.39, 0.29) is 23.9 Å². The molecule has 0 saturated heterocycles. The lowest BCUT2D eigenvalue weighted by atomic mass is 10.1. The summed E-state index contributed by atoms with van der Waals surface area (Å²) >= 11 is 1.41. The van der Waals surface area contributed by atoms with E-state index in [2.05, 4.69) is 27.1 Å². The van der Waals surface area contributed by atoms with Gasteiger partial charge in [0.05, 0.1) is 6.04 Å². The van der Waals surface area contributed by atoms with Crippen LogP contribution in [0.2, 0.25) is 0 Å². The molecular weight excluding hydrogens is 312 g/mol. The molecule has 0 spiro atoms. The number of hydrogen-bond acceptors (Lipinski definition) is 5. The number of unbranched alkanes of at least 4 members (excludes halogenated alkanes) is 1. The fraction of sp³-hybridized carbons (Fsp3) is 0.812. The molecule has 0 rings (SSSR count). The topological polar surface area (TPSA) is 82.6 Å². The molecule has 3 N–H and O–H groups in total. The molecule has 0 heterocycles. The Labute approximate surface area is 144 Å². The summed E-state index contributed by atoms with van der Waals surface area (Å²) in [6.45, 7) is 9.95. The lowest BCUT2D eigenvalue weighted by Crippen LogP contribution is -2.52. The van der Waals surface area contributed by atoms with Crippen molar-refractivity contribution in [2.75, 3.05) is 12.8 Å². The first-order chi connectivity index (χ1) is 11.0. The van der Waals surface area contributed by atoms with Crippen molar-refractivity contribution in [2.45, 2.75) is 71.0 Å². The van der Waals surface area contributed by atoms with Gasteiger partial charge in [0.15, 0.2) is 0 Å². The third-order valence-corrected chi connectivity index (χ3v) is 4.24. The normalized spacial score (nSPS) is 13.4. The molecule has 0 aromatic carbocycles. The molecule has 2 amide bonds. The van der Waals surface area contributed by atoms with E-state index in [1.807, 2.05) is 20.1 Å². The van der Waals surface area contributed by atoms with Gasteiger partial charge in [-0.25, -0.2) is 0 Å². The van der Waals surface area contributed by atoms with Gasteiger partial charge in [-0.3, -0.25) is 14.3 Å². The number of amides is 2. The van der Waals surface area contributed by atoms with Gasteiger partial charge < -0.3 is 15.6 Å². The molecule has 0 aromatic heterocycles. The number of hydrogen-bond donors (Lipinski definition) is 3. The molecule has 0 bridgehead atoms. The average Bonchev–Trinajstić information content (AvgIpc) is 2.54. The van der Waals surface area contributed by atoms with Crippen LogP contribution in [0.15, 0.2) is 4.99 Å². The summed E-state index contributed by atoms with van der Waals surface area (Å²) < 4.78 is 3.09. The number of aliphatic imine (C=N–C) groups is 1. The second kappa shape index (κ2) is 13.4. The summed E-state index contributed by atoms with van der Waals surface area (Å²) in [6.07, 6.45) is 6.17. The summed E-state index contributed by atoms with van der Waals surface area (Å²) in [5, 5.41) is 5.75. The molecule has 23 heavy (non-hydrogen) atoms. The zero-order valence-electron chi connectivity index (χ0n) is 14.9. The van der Waals surface area contributed by atoms with E-state index in [1.54, 1.807) is 6.92 Å². The van der Waals surface area contributed by atoms with Crippen LogP contribution in [0.4, 0.5) is 0 Å². The van der Waals surface area contributed by atoms with E-state index in [0.717, 1.165) is 25.7 Å². The molecule has 0 aromatic rings. The number of nitrogens with zero attached hydrogens (tertiary/aromatic N) is 1. The van der Waals surface area contributed by atoms with Crippen molar-refractivity contribution in [3.05, 3.63) is 0 Å². The zero-order valence-corrected chi connectivity index (χ0v) is 15.7. The van der Waals surface area contributed by atoms with Gasteiger partial charge >= 0.3 is 0 Å². The first-order valence-corrected chi connectivity index (χ1v) is 9.54. The number of rotatable bonds is 13. The first kappa shape index (κ1) is 21.9. The van der Waals surface area contributed by atoms with Gasteiger partial charge in [0, 0.05) is 12.6 Å². The minimum absolute atomic E-state index is 0.134. The van der Waals surface area contributed by atoms with Crippen LogP contribution in [0.5, 0.6) is 0 Å². The monoisotopic (exact) mass is 344 g/mol. The summed E-state index contributed by atoms with van der Waals surface area (Å²) in [6, 6.07) is -0.685. The third-order valence-electron chi connectivity index (χ3n) is 3.72. The quantitative estimate of drug-likeness (QED) is 0.271. The second-order valence-electron chi connectivity index (χ2n) is 5.57. The molecule has 0 saturated carbocycles. The Morgan fingerprint density at radius 1 is 1.13 bits per heavy atom.